The molecule has 0 aromatic carbocycles. The number of imidazole rings is 1. The van der Waals surface area contributed by atoms with Gasteiger partial charge >= 0.3 is 5.97 Å². The summed E-state index contributed by atoms with van der Waals surface area (Å²) in [5.41, 5.74) is 0.573. The van der Waals surface area contributed by atoms with Crippen LogP contribution in [0.2, 0.25) is 0 Å². The maximum atomic E-state index is 11.0. The van der Waals surface area contributed by atoms with E-state index in [1.807, 2.05) is 13.8 Å². The standard InChI is InChI=1S/C11H18N2O3/c1-3-5-8(11(15)16)10(14)9-6-12-7-13(9)4-2/h6-8,10,14H,3-5H2,1-2H3,(H,15,16). The van der Waals surface area contributed by atoms with Crippen LogP contribution in [0.15, 0.2) is 12.5 Å². The highest BCUT2D eigenvalue weighted by molar-refractivity contribution is 5.70. The van der Waals surface area contributed by atoms with E-state index in [-0.39, 0.29) is 0 Å². The Hall–Kier alpha value is -1.36. The van der Waals surface area contributed by atoms with Crippen molar-refractivity contribution in [2.75, 3.05) is 0 Å². The minimum Gasteiger partial charge on any atom is -0.481 e. The molecule has 0 aliphatic rings. The first-order valence-electron chi connectivity index (χ1n) is 5.52. The molecule has 1 aromatic heterocycles. The molecule has 1 rings (SSSR count). The maximum absolute atomic E-state index is 11.0. The first-order valence-corrected chi connectivity index (χ1v) is 5.52. The largest absolute Gasteiger partial charge is 0.481 e. The average Bonchev–Trinajstić information content (AvgIpc) is 2.72. The van der Waals surface area contributed by atoms with Crippen molar-refractivity contribution >= 4 is 5.97 Å². The molecule has 5 nitrogen and oxygen atoms in total. The van der Waals surface area contributed by atoms with E-state index in [0.29, 0.717) is 18.7 Å². The Balaban J connectivity index is 2.89. The van der Waals surface area contributed by atoms with E-state index in [1.54, 1.807) is 10.9 Å². The number of aliphatic hydroxyl groups excluding tert-OH is 1. The average molecular weight is 226 g/mol. The van der Waals surface area contributed by atoms with Crippen LogP contribution in [0.3, 0.4) is 0 Å². The minimum atomic E-state index is -0.986. The van der Waals surface area contributed by atoms with E-state index in [9.17, 15) is 9.90 Å². The number of nitrogens with zero attached hydrogens (tertiary/aromatic N) is 2. The number of aromatic nitrogens is 2. The van der Waals surface area contributed by atoms with Gasteiger partial charge in [0, 0.05) is 6.54 Å². The Labute approximate surface area is 94.7 Å². The molecule has 16 heavy (non-hydrogen) atoms. The monoisotopic (exact) mass is 226 g/mol. The molecule has 0 spiro atoms. The Bertz CT molecular complexity index is 349. The molecule has 2 unspecified atom stereocenters. The van der Waals surface area contributed by atoms with Crippen LogP contribution in [0.1, 0.15) is 38.5 Å². The van der Waals surface area contributed by atoms with Crippen LogP contribution in [0.5, 0.6) is 0 Å². The molecule has 0 aliphatic heterocycles. The number of carboxylic acids is 1. The molecular weight excluding hydrogens is 208 g/mol. The molecule has 0 aliphatic carbocycles. The third-order valence-electron chi connectivity index (χ3n) is 2.69. The van der Waals surface area contributed by atoms with Crippen LogP contribution in [0.4, 0.5) is 0 Å². The summed E-state index contributed by atoms with van der Waals surface area (Å²) in [5, 5.41) is 19.1. The molecule has 2 N–H and O–H groups in total. The predicted molar refractivity (Wildman–Crippen MR) is 58.9 cm³/mol. The smallest absolute Gasteiger partial charge is 0.309 e. The summed E-state index contributed by atoms with van der Waals surface area (Å²) < 4.78 is 1.76. The fourth-order valence-electron chi connectivity index (χ4n) is 1.78. The zero-order chi connectivity index (χ0) is 12.1. The lowest BCUT2D eigenvalue weighted by atomic mass is 9.95. The first-order chi connectivity index (χ1) is 7.61. The summed E-state index contributed by atoms with van der Waals surface area (Å²) in [7, 11) is 0. The van der Waals surface area contributed by atoms with Gasteiger partial charge in [-0.15, -0.1) is 0 Å². The van der Waals surface area contributed by atoms with Gasteiger partial charge in [-0.25, -0.2) is 4.98 Å². The second-order valence-electron chi connectivity index (χ2n) is 3.78. The van der Waals surface area contributed by atoms with E-state index in [1.165, 1.54) is 6.20 Å². The Morgan fingerprint density at radius 1 is 1.56 bits per heavy atom. The van der Waals surface area contributed by atoms with Crippen molar-refractivity contribution in [1.82, 2.24) is 9.55 Å². The van der Waals surface area contributed by atoms with Crippen molar-refractivity contribution in [2.24, 2.45) is 5.92 Å². The molecule has 0 saturated heterocycles. The highest BCUT2D eigenvalue weighted by Gasteiger charge is 2.28. The fourth-order valence-corrected chi connectivity index (χ4v) is 1.78. The lowest BCUT2D eigenvalue weighted by Gasteiger charge is -2.19. The summed E-state index contributed by atoms with van der Waals surface area (Å²) in [6, 6.07) is 0. The molecule has 0 bridgehead atoms. The van der Waals surface area contributed by atoms with Gasteiger partial charge in [0.2, 0.25) is 0 Å². The zero-order valence-corrected chi connectivity index (χ0v) is 9.63. The third-order valence-corrected chi connectivity index (χ3v) is 2.69. The van der Waals surface area contributed by atoms with Crippen LogP contribution in [-0.2, 0) is 11.3 Å². The molecule has 0 radical (unpaired) electrons. The lowest BCUT2D eigenvalue weighted by Crippen LogP contribution is -2.23. The van der Waals surface area contributed by atoms with Crippen molar-refractivity contribution < 1.29 is 15.0 Å². The van der Waals surface area contributed by atoms with Crippen LogP contribution < -0.4 is 0 Å². The molecule has 0 fully saturated rings. The van der Waals surface area contributed by atoms with Gasteiger partial charge in [-0.05, 0) is 13.3 Å². The summed E-state index contributed by atoms with van der Waals surface area (Å²) >= 11 is 0. The van der Waals surface area contributed by atoms with Crippen LogP contribution in [-0.4, -0.2) is 25.7 Å². The molecule has 5 heteroatoms. The molecule has 0 saturated carbocycles. The molecule has 0 amide bonds. The zero-order valence-electron chi connectivity index (χ0n) is 9.63. The quantitative estimate of drug-likeness (QED) is 0.769. The number of carbonyl (C=O) groups is 1. The number of carboxylic acid groups (broad SMARTS) is 1. The molecule has 1 heterocycles. The molecule has 2 atom stereocenters. The second kappa shape index (κ2) is 5.65. The van der Waals surface area contributed by atoms with Crippen LogP contribution >= 0.6 is 0 Å². The van der Waals surface area contributed by atoms with E-state index in [2.05, 4.69) is 4.98 Å². The maximum Gasteiger partial charge on any atom is 0.309 e. The van der Waals surface area contributed by atoms with Gasteiger partial charge in [-0.3, -0.25) is 4.79 Å². The SMILES string of the molecule is CCCC(C(=O)O)C(O)c1cncn1CC. The molecular formula is C11H18N2O3. The van der Waals surface area contributed by atoms with E-state index < -0.39 is 18.0 Å². The minimum absolute atomic E-state index is 0.464. The van der Waals surface area contributed by atoms with E-state index in [4.69, 9.17) is 5.11 Å². The van der Waals surface area contributed by atoms with Crippen molar-refractivity contribution in [3.8, 4) is 0 Å². The molecule has 90 valence electrons. The summed E-state index contributed by atoms with van der Waals surface area (Å²) in [5.74, 6) is -1.72. The van der Waals surface area contributed by atoms with E-state index in [0.717, 1.165) is 6.42 Å². The summed E-state index contributed by atoms with van der Waals surface area (Å²) in [4.78, 5) is 15.0. The Morgan fingerprint density at radius 3 is 2.75 bits per heavy atom. The van der Waals surface area contributed by atoms with Crippen LogP contribution in [0, 0.1) is 5.92 Å². The van der Waals surface area contributed by atoms with Gasteiger partial charge in [-0.2, -0.15) is 0 Å². The van der Waals surface area contributed by atoms with Gasteiger partial charge in [0.05, 0.1) is 24.1 Å². The van der Waals surface area contributed by atoms with Crippen molar-refractivity contribution in [3.05, 3.63) is 18.2 Å². The highest BCUT2D eigenvalue weighted by Crippen LogP contribution is 2.25. The summed E-state index contributed by atoms with van der Waals surface area (Å²) in [6.45, 7) is 4.50. The lowest BCUT2D eigenvalue weighted by molar-refractivity contribution is -0.146. The third kappa shape index (κ3) is 2.61. The Kier molecular flexibility index (Phi) is 4.49. The van der Waals surface area contributed by atoms with Crippen LogP contribution in [0.25, 0.3) is 0 Å². The number of aliphatic hydroxyl groups is 1. The van der Waals surface area contributed by atoms with Gasteiger partial charge in [0.25, 0.3) is 0 Å². The van der Waals surface area contributed by atoms with Gasteiger partial charge < -0.3 is 14.8 Å². The predicted octanol–water partition coefficient (Wildman–Crippen LogP) is 1.44. The number of hydrogen-bond donors (Lipinski definition) is 2. The first kappa shape index (κ1) is 12.7. The Morgan fingerprint density at radius 2 is 2.25 bits per heavy atom. The van der Waals surface area contributed by atoms with Gasteiger partial charge in [0.1, 0.15) is 6.10 Å². The van der Waals surface area contributed by atoms with Crippen molar-refractivity contribution in [3.63, 3.8) is 0 Å². The summed E-state index contributed by atoms with van der Waals surface area (Å²) in [6.07, 6.45) is 3.34. The van der Waals surface area contributed by atoms with Crippen molar-refractivity contribution in [2.45, 2.75) is 39.3 Å². The number of aliphatic carboxylic acids is 1. The van der Waals surface area contributed by atoms with Gasteiger partial charge in [0.15, 0.2) is 0 Å². The fraction of sp³-hybridized carbons (Fsp3) is 0.636. The second-order valence-corrected chi connectivity index (χ2v) is 3.78. The number of hydrogen-bond acceptors (Lipinski definition) is 3. The number of rotatable bonds is 6. The van der Waals surface area contributed by atoms with Crippen molar-refractivity contribution in [1.29, 1.82) is 0 Å². The number of aryl methyl sites for hydroxylation is 1. The highest BCUT2D eigenvalue weighted by atomic mass is 16.4. The van der Waals surface area contributed by atoms with E-state index >= 15 is 0 Å². The normalized spacial score (nSPS) is 14.7. The van der Waals surface area contributed by atoms with Gasteiger partial charge in [-0.1, -0.05) is 13.3 Å². The molecule has 1 aromatic rings. The topological polar surface area (TPSA) is 75.3 Å².